The van der Waals surface area contributed by atoms with Gasteiger partial charge in [0.2, 0.25) is 0 Å². The molecule has 1 aromatic carbocycles. The normalized spacial score (nSPS) is 17.1. The summed E-state index contributed by atoms with van der Waals surface area (Å²) in [6.45, 7) is 5.41. The number of fused-ring (bicyclic) bond motifs is 1. The molecule has 2 heterocycles. The molecule has 4 heteroatoms. The fourth-order valence-electron chi connectivity index (χ4n) is 2.24. The molecule has 1 fully saturated rings. The van der Waals surface area contributed by atoms with E-state index in [4.69, 9.17) is 9.47 Å². The van der Waals surface area contributed by atoms with Crippen LogP contribution in [0.15, 0.2) is 30.5 Å². The van der Waals surface area contributed by atoms with Crippen LogP contribution in [-0.4, -0.2) is 49.3 Å². The Kier molecular flexibility index (Phi) is 3.48. The van der Waals surface area contributed by atoms with Crippen LogP contribution >= 0.6 is 0 Å². The van der Waals surface area contributed by atoms with Crippen LogP contribution in [0.4, 0.5) is 0 Å². The lowest BCUT2D eigenvalue weighted by molar-refractivity contribution is 0.0322. The van der Waals surface area contributed by atoms with Gasteiger partial charge in [0.25, 0.3) is 0 Å². The van der Waals surface area contributed by atoms with Crippen molar-refractivity contribution in [3.8, 4) is 5.75 Å². The quantitative estimate of drug-likeness (QED) is 0.895. The lowest BCUT2D eigenvalue weighted by atomic mass is 10.2. The van der Waals surface area contributed by atoms with E-state index < -0.39 is 0 Å². The van der Waals surface area contributed by atoms with Crippen LogP contribution < -0.4 is 4.74 Å². The molecule has 0 spiro atoms. The topological polar surface area (TPSA) is 37.5 Å². The second kappa shape index (κ2) is 5.42. The first-order valence-electron chi connectivity index (χ1n) is 6.42. The van der Waals surface area contributed by atoms with E-state index in [-0.39, 0.29) is 0 Å². The van der Waals surface area contributed by atoms with Crippen LogP contribution in [0.1, 0.15) is 0 Å². The average Bonchev–Trinajstić information content (AvgIpc) is 2.87. The summed E-state index contributed by atoms with van der Waals surface area (Å²) in [5.41, 5.74) is 1.15. The number of H-pyrrole nitrogens is 1. The van der Waals surface area contributed by atoms with E-state index in [0.717, 1.165) is 50.7 Å². The van der Waals surface area contributed by atoms with Crippen molar-refractivity contribution in [2.75, 3.05) is 39.5 Å². The summed E-state index contributed by atoms with van der Waals surface area (Å²) in [6.07, 6.45) is 1.95. The molecule has 0 amide bonds. The molecule has 4 nitrogen and oxygen atoms in total. The Morgan fingerprint density at radius 2 is 2.11 bits per heavy atom. The third-order valence-electron chi connectivity index (χ3n) is 3.30. The van der Waals surface area contributed by atoms with E-state index >= 15 is 0 Å². The highest BCUT2D eigenvalue weighted by Gasteiger charge is 2.09. The Hall–Kier alpha value is -1.52. The minimum absolute atomic E-state index is 0.732. The van der Waals surface area contributed by atoms with E-state index in [9.17, 15) is 0 Å². The van der Waals surface area contributed by atoms with E-state index in [0.29, 0.717) is 0 Å². The van der Waals surface area contributed by atoms with Crippen molar-refractivity contribution in [1.82, 2.24) is 9.88 Å². The van der Waals surface area contributed by atoms with Gasteiger partial charge in [-0.1, -0.05) is 0 Å². The fraction of sp³-hybridized carbons (Fsp3) is 0.429. The number of benzene rings is 1. The highest BCUT2D eigenvalue weighted by atomic mass is 16.5. The molecule has 1 aliphatic rings. The fourth-order valence-corrected chi connectivity index (χ4v) is 2.24. The van der Waals surface area contributed by atoms with E-state index in [1.165, 1.54) is 5.39 Å². The molecule has 0 radical (unpaired) electrons. The van der Waals surface area contributed by atoms with Gasteiger partial charge in [-0.05, 0) is 24.3 Å². The molecule has 18 heavy (non-hydrogen) atoms. The number of nitrogens with one attached hydrogen (secondary N) is 1. The van der Waals surface area contributed by atoms with Gasteiger partial charge in [0, 0.05) is 36.7 Å². The summed E-state index contributed by atoms with van der Waals surface area (Å²) in [5.74, 6) is 0.940. The maximum Gasteiger partial charge on any atom is 0.120 e. The van der Waals surface area contributed by atoms with Crippen LogP contribution in [0.2, 0.25) is 0 Å². The van der Waals surface area contributed by atoms with Crippen LogP contribution in [-0.2, 0) is 4.74 Å². The molecular formula is C14H18N2O2. The van der Waals surface area contributed by atoms with Crippen molar-refractivity contribution in [2.45, 2.75) is 0 Å². The van der Waals surface area contributed by atoms with E-state index in [2.05, 4.69) is 28.1 Å². The number of hydrogen-bond donors (Lipinski definition) is 1. The van der Waals surface area contributed by atoms with E-state index in [1.54, 1.807) is 0 Å². The lowest BCUT2D eigenvalue weighted by Gasteiger charge is -2.26. The first kappa shape index (κ1) is 11.6. The van der Waals surface area contributed by atoms with Gasteiger partial charge in [-0.2, -0.15) is 0 Å². The minimum Gasteiger partial charge on any atom is -0.492 e. The summed E-state index contributed by atoms with van der Waals surface area (Å²) in [4.78, 5) is 5.55. The number of ether oxygens (including phenoxy) is 2. The Balaban J connectivity index is 1.52. The molecule has 0 aliphatic carbocycles. The van der Waals surface area contributed by atoms with E-state index in [1.807, 2.05) is 12.3 Å². The third-order valence-corrected chi connectivity index (χ3v) is 3.30. The molecule has 0 saturated carbocycles. The van der Waals surface area contributed by atoms with Crippen LogP contribution in [0, 0.1) is 0 Å². The lowest BCUT2D eigenvalue weighted by Crippen LogP contribution is -2.38. The second-order valence-electron chi connectivity index (χ2n) is 4.53. The first-order chi connectivity index (χ1) is 8.92. The predicted octanol–water partition coefficient (Wildman–Crippen LogP) is 1.88. The van der Waals surface area contributed by atoms with Gasteiger partial charge in [0.1, 0.15) is 12.4 Å². The number of aromatic nitrogens is 1. The maximum atomic E-state index is 5.79. The van der Waals surface area contributed by atoms with Gasteiger partial charge in [0.15, 0.2) is 0 Å². The summed E-state index contributed by atoms with van der Waals surface area (Å²) < 4.78 is 11.1. The maximum absolute atomic E-state index is 5.79. The molecule has 0 atom stereocenters. The summed E-state index contributed by atoms with van der Waals surface area (Å²) in [7, 11) is 0. The van der Waals surface area contributed by atoms with Gasteiger partial charge in [-0.3, -0.25) is 4.90 Å². The van der Waals surface area contributed by atoms with Crippen LogP contribution in [0.3, 0.4) is 0 Å². The number of hydrogen-bond acceptors (Lipinski definition) is 3. The molecule has 1 N–H and O–H groups in total. The summed E-state index contributed by atoms with van der Waals surface area (Å²) >= 11 is 0. The Morgan fingerprint density at radius 3 is 3.00 bits per heavy atom. The van der Waals surface area contributed by atoms with Crippen molar-refractivity contribution in [3.63, 3.8) is 0 Å². The van der Waals surface area contributed by atoms with Crippen molar-refractivity contribution in [1.29, 1.82) is 0 Å². The standard InChI is InChI=1S/C14H18N2O2/c1-2-14-12(3-4-15-14)11-13(1)18-10-7-16-5-8-17-9-6-16/h1-4,11,15H,5-10H2. The minimum atomic E-state index is 0.732. The largest absolute Gasteiger partial charge is 0.492 e. The Labute approximate surface area is 106 Å². The zero-order valence-electron chi connectivity index (χ0n) is 10.4. The van der Waals surface area contributed by atoms with Crippen LogP contribution in [0.25, 0.3) is 10.9 Å². The van der Waals surface area contributed by atoms with Gasteiger partial charge in [-0.15, -0.1) is 0 Å². The average molecular weight is 246 g/mol. The van der Waals surface area contributed by atoms with Crippen LogP contribution in [0.5, 0.6) is 5.75 Å². The highest BCUT2D eigenvalue weighted by molar-refractivity contribution is 5.80. The molecule has 2 aromatic rings. The Bertz CT molecular complexity index is 503. The summed E-state index contributed by atoms with van der Waals surface area (Å²) in [5, 5.41) is 1.19. The monoisotopic (exact) mass is 246 g/mol. The number of morpholine rings is 1. The molecule has 3 rings (SSSR count). The molecular weight excluding hydrogens is 228 g/mol. The number of aromatic amines is 1. The van der Waals surface area contributed by atoms with Gasteiger partial charge in [0.05, 0.1) is 13.2 Å². The highest BCUT2D eigenvalue weighted by Crippen LogP contribution is 2.19. The van der Waals surface area contributed by atoms with Gasteiger partial charge < -0.3 is 14.5 Å². The third kappa shape index (κ3) is 2.66. The second-order valence-corrected chi connectivity index (χ2v) is 4.53. The van der Waals surface area contributed by atoms with Crippen molar-refractivity contribution in [3.05, 3.63) is 30.5 Å². The van der Waals surface area contributed by atoms with Gasteiger partial charge in [-0.25, -0.2) is 0 Å². The summed E-state index contributed by atoms with van der Waals surface area (Å²) in [6, 6.07) is 8.20. The van der Waals surface area contributed by atoms with Crippen molar-refractivity contribution >= 4 is 10.9 Å². The number of nitrogens with zero attached hydrogens (tertiary/aromatic N) is 1. The molecule has 1 saturated heterocycles. The zero-order valence-corrected chi connectivity index (χ0v) is 10.4. The van der Waals surface area contributed by atoms with Crippen molar-refractivity contribution in [2.24, 2.45) is 0 Å². The number of rotatable bonds is 4. The smallest absolute Gasteiger partial charge is 0.120 e. The molecule has 1 aromatic heterocycles. The SMILES string of the molecule is c1cc2cc(OCCN3CCOCC3)ccc2[nH]1. The predicted molar refractivity (Wildman–Crippen MR) is 71.1 cm³/mol. The molecule has 1 aliphatic heterocycles. The zero-order chi connectivity index (χ0) is 12.2. The Morgan fingerprint density at radius 1 is 1.22 bits per heavy atom. The van der Waals surface area contributed by atoms with Crippen molar-refractivity contribution < 1.29 is 9.47 Å². The molecule has 96 valence electrons. The first-order valence-corrected chi connectivity index (χ1v) is 6.42. The van der Waals surface area contributed by atoms with Gasteiger partial charge >= 0.3 is 0 Å². The molecule has 0 unspecified atom stereocenters. The molecule has 0 bridgehead atoms.